The van der Waals surface area contributed by atoms with Gasteiger partial charge >= 0.3 is 5.97 Å². The van der Waals surface area contributed by atoms with Crippen LogP contribution < -0.4 is 0 Å². The van der Waals surface area contributed by atoms with Gasteiger partial charge in [0.05, 0.1) is 0 Å². The summed E-state index contributed by atoms with van der Waals surface area (Å²) in [6, 6.07) is 2.22. The minimum absolute atomic E-state index is 0.268. The van der Waals surface area contributed by atoms with Crippen LogP contribution in [0.5, 0.6) is 0 Å². The van der Waals surface area contributed by atoms with Crippen molar-refractivity contribution in [2.45, 2.75) is 44.9 Å². The molecule has 15 heavy (non-hydrogen) atoms. The molecular weight excluding hydrogens is 190 g/mol. The molecular formula is C12H17NO2. The van der Waals surface area contributed by atoms with Crippen molar-refractivity contribution in [3.05, 3.63) is 23.0 Å². The van der Waals surface area contributed by atoms with E-state index in [1.807, 2.05) is 0 Å². The molecule has 1 aliphatic rings. The second-order valence-corrected chi connectivity index (χ2v) is 4.25. The summed E-state index contributed by atoms with van der Waals surface area (Å²) in [5.41, 5.74) is 4.04. The van der Waals surface area contributed by atoms with Crippen LogP contribution in [0.25, 0.3) is 0 Å². The molecule has 0 aromatic carbocycles. The summed E-state index contributed by atoms with van der Waals surface area (Å²) in [5.74, 6) is -0.702. The molecule has 3 heteroatoms. The van der Waals surface area contributed by atoms with E-state index in [-0.39, 0.29) is 6.42 Å². The number of aromatic nitrogens is 1. The highest BCUT2D eigenvalue weighted by molar-refractivity contribution is 5.66. The van der Waals surface area contributed by atoms with Crippen molar-refractivity contribution in [1.82, 2.24) is 4.98 Å². The molecule has 1 aliphatic carbocycles. The van der Waals surface area contributed by atoms with Crippen LogP contribution in [0, 0.1) is 0 Å². The summed E-state index contributed by atoms with van der Waals surface area (Å²) in [7, 11) is 0. The third-order valence-corrected chi connectivity index (χ3v) is 3.01. The first-order valence-electron chi connectivity index (χ1n) is 5.67. The van der Waals surface area contributed by atoms with Gasteiger partial charge in [0.2, 0.25) is 0 Å². The second kappa shape index (κ2) is 4.51. The Morgan fingerprint density at radius 3 is 2.93 bits per heavy atom. The molecule has 2 rings (SSSR count). The fourth-order valence-corrected chi connectivity index (χ4v) is 2.24. The Morgan fingerprint density at radius 1 is 1.40 bits per heavy atom. The first-order chi connectivity index (χ1) is 7.25. The Kier molecular flexibility index (Phi) is 3.09. The van der Waals surface area contributed by atoms with Crippen LogP contribution in [0.1, 0.15) is 42.6 Å². The van der Waals surface area contributed by atoms with Crippen LogP contribution in [0.2, 0.25) is 0 Å². The van der Waals surface area contributed by atoms with Crippen molar-refractivity contribution in [2.75, 3.05) is 0 Å². The van der Waals surface area contributed by atoms with Gasteiger partial charge in [-0.2, -0.15) is 0 Å². The number of aryl methyl sites for hydroxylation is 3. The number of carboxylic acids is 1. The van der Waals surface area contributed by atoms with Crippen LogP contribution in [0.3, 0.4) is 0 Å². The predicted molar refractivity (Wildman–Crippen MR) is 58.0 cm³/mol. The Labute approximate surface area is 89.5 Å². The Bertz CT molecular complexity index is 331. The van der Waals surface area contributed by atoms with E-state index in [0.717, 1.165) is 19.3 Å². The highest BCUT2D eigenvalue weighted by Crippen LogP contribution is 2.22. The molecule has 82 valence electrons. The zero-order valence-corrected chi connectivity index (χ0v) is 8.88. The van der Waals surface area contributed by atoms with E-state index >= 15 is 0 Å². The summed E-state index contributed by atoms with van der Waals surface area (Å²) in [6.45, 7) is 0. The third-order valence-electron chi connectivity index (χ3n) is 3.01. The number of rotatable bonds is 4. The molecule has 0 saturated heterocycles. The number of nitrogens with one attached hydrogen (secondary N) is 1. The number of aliphatic carboxylic acids is 1. The molecule has 1 aromatic heterocycles. The molecule has 0 saturated carbocycles. The Morgan fingerprint density at radius 2 is 2.20 bits per heavy atom. The summed E-state index contributed by atoms with van der Waals surface area (Å²) in [5, 5.41) is 8.54. The smallest absolute Gasteiger partial charge is 0.303 e. The van der Waals surface area contributed by atoms with Crippen molar-refractivity contribution in [3.63, 3.8) is 0 Å². The van der Waals surface area contributed by atoms with Crippen LogP contribution in [0.4, 0.5) is 0 Å². The number of carboxylic acid groups (broad SMARTS) is 1. The van der Waals surface area contributed by atoms with E-state index in [4.69, 9.17) is 5.11 Å². The van der Waals surface area contributed by atoms with Gasteiger partial charge in [0.25, 0.3) is 0 Å². The minimum Gasteiger partial charge on any atom is -0.481 e. The maximum atomic E-state index is 10.4. The summed E-state index contributed by atoms with van der Waals surface area (Å²) in [4.78, 5) is 13.8. The number of hydrogen-bond acceptors (Lipinski definition) is 1. The predicted octanol–water partition coefficient (Wildman–Crippen LogP) is 2.30. The Balaban J connectivity index is 1.92. The molecule has 0 radical (unpaired) electrons. The fraction of sp³-hybridized carbons (Fsp3) is 0.583. The maximum absolute atomic E-state index is 10.4. The SMILES string of the molecule is O=C(O)CCCc1cc2c([nH]1)CCCC2. The van der Waals surface area contributed by atoms with Crippen LogP contribution in [-0.2, 0) is 24.1 Å². The number of fused-ring (bicyclic) bond motifs is 1. The van der Waals surface area contributed by atoms with Gasteiger partial charge in [0.15, 0.2) is 0 Å². The second-order valence-electron chi connectivity index (χ2n) is 4.25. The lowest BCUT2D eigenvalue weighted by atomic mass is 9.98. The lowest BCUT2D eigenvalue weighted by Gasteiger charge is -2.09. The van der Waals surface area contributed by atoms with Gasteiger partial charge in [-0.3, -0.25) is 4.79 Å². The third kappa shape index (κ3) is 2.61. The van der Waals surface area contributed by atoms with Crippen molar-refractivity contribution < 1.29 is 9.90 Å². The molecule has 0 atom stereocenters. The van der Waals surface area contributed by atoms with Gasteiger partial charge in [-0.15, -0.1) is 0 Å². The number of hydrogen-bond donors (Lipinski definition) is 2. The van der Waals surface area contributed by atoms with Crippen LogP contribution in [0.15, 0.2) is 6.07 Å². The maximum Gasteiger partial charge on any atom is 0.303 e. The molecule has 0 fully saturated rings. The Hall–Kier alpha value is -1.25. The average molecular weight is 207 g/mol. The minimum atomic E-state index is -0.702. The number of aromatic amines is 1. The average Bonchev–Trinajstić information content (AvgIpc) is 2.59. The van der Waals surface area contributed by atoms with Crippen molar-refractivity contribution in [3.8, 4) is 0 Å². The zero-order valence-electron chi connectivity index (χ0n) is 8.88. The molecule has 0 aliphatic heterocycles. The molecule has 0 bridgehead atoms. The van der Waals surface area contributed by atoms with Gasteiger partial charge < -0.3 is 10.1 Å². The van der Waals surface area contributed by atoms with E-state index in [9.17, 15) is 4.79 Å². The summed E-state index contributed by atoms with van der Waals surface area (Å²) < 4.78 is 0. The topological polar surface area (TPSA) is 53.1 Å². The number of H-pyrrole nitrogens is 1. The van der Waals surface area contributed by atoms with Crippen LogP contribution in [-0.4, -0.2) is 16.1 Å². The van der Waals surface area contributed by atoms with Crippen molar-refractivity contribution in [2.24, 2.45) is 0 Å². The lowest BCUT2D eigenvalue weighted by Crippen LogP contribution is -1.99. The molecule has 1 heterocycles. The monoisotopic (exact) mass is 207 g/mol. The van der Waals surface area contributed by atoms with E-state index in [2.05, 4.69) is 11.1 Å². The van der Waals surface area contributed by atoms with Gasteiger partial charge in [-0.05, 0) is 50.2 Å². The first-order valence-corrected chi connectivity index (χ1v) is 5.67. The van der Waals surface area contributed by atoms with Gasteiger partial charge in [-0.1, -0.05) is 0 Å². The molecule has 2 N–H and O–H groups in total. The van der Waals surface area contributed by atoms with Crippen LogP contribution >= 0.6 is 0 Å². The first kappa shape index (κ1) is 10.3. The highest BCUT2D eigenvalue weighted by Gasteiger charge is 2.12. The molecule has 0 unspecified atom stereocenters. The van der Waals surface area contributed by atoms with Crippen molar-refractivity contribution in [1.29, 1.82) is 0 Å². The lowest BCUT2D eigenvalue weighted by molar-refractivity contribution is -0.137. The summed E-state index contributed by atoms with van der Waals surface area (Å²) >= 11 is 0. The van der Waals surface area contributed by atoms with Gasteiger partial charge in [0, 0.05) is 17.8 Å². The van der Waals surface area contributed by atoms with Crippen molar-refractivity contribution >= 4 is 5.97 Å². The van der Waals surface area contributed by atoms with E-state index < -0.39 is 5.97 Å². The molecule has 0 spiro atoms. The van der Waals surface area contributed by atoms with E-state index in [0.29, 0.717) is 0 Å². The van der Waals surface area contributed by atoms with Gasteiger partial charge in [0.1, 0.15) is 0 Å². The summed E-state index contributed by atoms with van der Waals surface area (Å²) in [6.07, 6.45) is 6.78. The van der Waals surface area contributed by atoms with Gasteiger partial charge in [-0.25, -0.2) is 0 Å². The highest BCUT2D eigenvalue weighted by atomic mass is 16.4. The molecule has 1 aromatic rings. The molecule has 3 nitrogen and oxygen atoms in total. The quantitative estimate of drug-likeness (QED) is 0.796. The molecule has 0 amide bonds. The number of carbonyl (C=O) groups is 1. The zero-order chi connectivity index (χ0) is 10.7. The largest absolute Gasteiger partial charge is 0.481 e. The standard InChI is InChI=1S/C12H17NO2/c14-12(15)7-3-5-10-8-9-4-1-2-6-11(9)13-10/h8,13H,1-7H2,(H,14,15). The van der Waals surface area contributed by atoms with E-state index in [1.54, 1.807) is 0 Å². The normalized spacial score (nSPS) is 14.9. The fourth-order valence-electron chi connectivity index (χ4n) is 2.24. The van der Waals surface area contributed by atoms with E-state index in [1.165, 1.54) is 36.2 Å².